The van der Waals surface area contributed by atoms with Crippen LogP contribution in [0.2, 0.25) is 0 Å². The van der Waals surface area contributed by atoms with Crippen LogP contribution in [0.5, 0.6) is 0 Å². The molecule has 0 aliphatic carbocycles. The number of anilines is 2. The zero-order chi connectivity index (χ0) is 15.2. The molecule has 2 rings (SSSR count). The number of nitrogens with zero attached hydrogens (tertiary/aromatic N) is 2. The van der Waals surface area contributed by atoms with Gasteiger partial charge in [-0.15, -0.1) is 0 Å². The summed E-state index contributed by atoms with van der Waals surface area (Å²) in [5.74, 6) is 0.344. The molecule has 4 heteroatoms. The molecular weight excluding hydrogens is 262 g/mol. The number of amides is 1. The standard InChI is InChI=1S/C17H21N3O/c1-13(2)10-19-17(21)14-9-16(12-18-11-14)20(3)15-7-5-4-6-8-15/h4-9,11-13H,10H2,1-3H3,(H,19,21). The molecule has 0 saturated carbocycles. The Kier molecular flexibility index (Phi) is 4.93. The van der Waals surface area contributed by atoms with Crippen LogP contribution in [0.25, 0.3) is 0 Å². The van der Waals surface area contributed by atoms with Crippen molar-refractivity contribution in [3.05, 3.63) is 54.4 Å². The van der Waals surface area contributed by atoms with Crippen molar-refractivity contribution in [3.8, 4) is 0 Å². The second-order valence-corrected chi connectivity index (χ2v) is 5.43. The highest BCUT2D eigenvalue weighted by Crippen LogP contribution is 2.22. The highest BCUT2D eigenvalue weighted by Gasteiger charge is 2.10. The Hall–Kier alpha value is -2.36. The number of carbonyl (C=O) groups is 1. The number of benzene rings is 1. The lowest BCUT2D eigenvalue weighted by molar-refractivity contribution is 0.0948. The molecule has 0 aliphatic rings. The van der Waals surface area contributed by atoms with Crippen LogP contribution in [0.1, 0.15) is 24.2 Å². The van der Waals surface area contributed by atoms with Crippen LogP contribution >= 0.6 is 0 Å². The minimum absolute atomic E-state index is 0.0838. The fourth-order valence-corrected chi connectivity index (χ4v) is 1.93. The Morgan fingerprint density at radius 3 is 2.57 bits per heavy atom. The first-order chi connectivity index (χ1) is 10.1. The first-order valence-electron chi connectivity index (χ1n) is 7.10. The lowest BCUT2D eigenvalue weighted by Crippen LogP contribution is -2.27. The van der Waals surface area contributed by atoms with E-state index in [2.05, 4.69) is 24.1 Å². The topological polar surface area (TPSA) is 45.2 Å². The number of hydrogen-bond acceptors (Lipinski definition) is 3. The molecule has 1 aromatic heterocycles. The smallest absolute Gasteiger partial charge is 0.252 e. The summed E-state index contributed by atoms with van der Waals surface area (Å²) in [6, 6.07) is 11.8. The fraction of sp³-hybridized carbons (Fsp3) is 0.294. The van der Waals surface area contributed by atoms with Gasteiger partial charge in [0.1, 0.15) is 0 Å². The van der Waals surface area contributed by atoms with E-state index in [4.69, 9.17) is 0 Å². The number of nitrogens with one attached hydrogen (secondary N) is 1. The van der Waals surface area contributed by atoms with Crippen molar-refractivity contribution in [2.75, 3.05) is 18.5 Å². The largest absolute Gasteiger partial charge is 0.352 e. The SMILES string of the molecule is CC(C)CNC(=O)c1cncc(N(C)c2ccccc2)c1. The Morgan fingerprint density at radius 1 is 1.19 bits per heavy atom. The highest BCUT2D eigenvalue weighted by atomic mass is 16.1. The molecule has 2 aromatic rings. The molecule has 0 aliphatic heterocycles. The van der Waals surface area contributed by atoms with Gasteiger partial charge in [-0.1, -0.05) is 32.0 Å². The summed E-state index contributed by atoms with van der Waals surface area (Å²) < 4.78 is 0. The molecule has 21 heavy (non-hydrogen) atoms. The zero-order valence-electron chi connectivity index (χ0n) is 12.7. The second kappa shape index (κ2) is 6.88. The van der Waals surface area contributed by atoms with Crippen molar-refractivity contribution in [1.82, 2.24) is 10.3 Å². The summed E-state index contributed by atoms with van der Waals surface area (Å²) in [6.07, 6.45) is 3.35. The predicted molar refractivity (Wildman–Crippen MR) is 85.9 cm³/mol. The van der Waals surface area contributed by atoms with E-state index in [1.54, 1.807) is 12.4 Å². The second-order valence-electron chi connectivity index (χ2n) is 5.43. The van der Waals surface area contributed by atoms with Gasteiger partial charge in [-0.25, -0.2) is 0 Å². The summed E-state index contributed by atoms with van der Waals surface area (Å²) >= 11 is 0. The van der Waals surface area contributed by atoms with Crippen molar-refractivity contribution in [1.29, 1.82) is 0 Å². The van der Waals surface area contributed by atoms with E-state index < -0.39 is 0 Å². The number of hydrogen-bond donors (Lipinski definition) is 1. The van der Waals surface area contributed by atoms with Gasteiger partial charge in [0.25, 0.3) is 5.91 Å². The molecule has 0 saturated heterocycles. The van der Waals surface area contributed by atoms with Crippen molar-refractivity contribution in [2.45, 2.75) is 13.8 Å². The van der Waals surface area contributed by atoms with Gasteiger partial charge in [-0.2, -0.15) is 0 Å². The third-order valence-corrected chi connectivity index (χ3v) is 3.19. The molecule has 1 heterocycles. The number of rotatable bonds is 5. The van der Waals surface area contributed by atoms with Crippen LogP contribution in [0.4, 0.5) is 11.4 Å². The van der Waals surface area contributed by atoms with Gasteiger partial charge in [0.05, 0.1) is 17.4 Å². The summed E-state index contributed by atoms with van der Waals surface area (Å²) in [5, 5.41) is 2.91. The monoisotopic (exact) mass is 283 g/mol. The lowest BCUT2D eigenvalue weighted by Gasteiger charge is -2.19. The minimum Gasteiger partial charge on any atom is -0.352 e. The van der Waals surface area contributed by atoms with E-state index in [0.29, 0.717) is 18.0 Å². The van der Waals surface area contributed by atoms with E-state index in [9.17, 15) is 4.79 Å². The van der Waals surface area contributed by atoms with E-state index >= 15 is 0 Å². The quantitative estimate of drug-likeness (QED) is 0.916. The van der Waals surface area contributed by atoms with Crippen molar-refractivity contribution >= 4 is 17.3 Å². The van der Waals surface area contributed by atoms with Crippen molar-refractivity contribution in [2.24, 2.45) is 5.92 Å². The van der Waals surface area contributed by atoms with E-state index in [1.165, 1.54) is 0 Å². The number of para-hydroxylation sites is 1. The Labute approximate surface area is 125 Å². The normalized spacial score (nSPS) is 10.5. The first kappa shape index (κ1) is 15.0. The summed E-state index contributed by atoms with van der Waals surface area (Å²) in [6.45, 7) is 4.80. The maximum absolute atomic E-state index is 12.1. The average molecular weight is 283 g/mol. The van der Waals surface area contributed by atoms with Gasteiger partial charge in [0.15, 0.2) is 0 Å². The Balaban J connectivity index is 2.16. The molecule has 0 spiro atoms. The number of carbonyl (C=O) groups excluding carboxylic acids is 1. The molecule has 4 nitrogen and oxygen atoms in total. The fourth-order valence-electron chi connectivity index (χ4n) is 1.93. The molecule has 1 amide bonds. The van der Waals surface area contributed by atoms with Crippen LogP contribution in [0.15, 0.2) is 48.8 Å². The Bertz CT molecular complexity index is 596. The van der Waals surface area contributed by atoms with E-state index in [1.807, 2.05) is 48.3 Å². The van der Waals surface area contributed by atoms with Gasteiger partial charge in [-0.05, 0) is 24.1 Å². The molecular formula is C17H21N3O. The molecule has 0 radical (unpaired) electrons. The maximum atomic E-state index is 12.1. The number of pyridine rings is 1. The highest BCUT2D eigenvalue weighted by molar-refractivity contribution is 5.94. The summed E-state index contributed by atoms with van der Waals surface area (Å²) in [5.41, 5.74) is 2.52. The predicted octanol–water partition coefficient (Wildman–Crippen LogP) is 3.24. The molecule has 0 unspecified atom stereocenters. The van der Waals surface area contributed by atoms with Gasteiger partial charge in [0.2, 0.25) is 0 Å². The molecule has 0 atom stereocenters. The molecule has 0 bridgehead atoms. The van der Waals surface area contributed by atoms with Gasteiger partial charge in [-0.3, -0.25) is 9.78 Å². The Morgan fingerprint density at radius 2 is 1.90 bits per heavy atom. The molecule has 1 aromatic carbocycles. The summed E-state index contributed by atoms with van der Waals surface area (Å²) in [7, 11) is 1.96. The maximum Gasteiger partial charge on any atom is 0.252 e. The van der Waals surface area contributed by atoms with Gasteiger partial charge < -0.3 is 10.2 Å². The van der Waals surface area contributed by atoms with Crippen LogP contribution in [-0.4, -0.2) is 24.5 Å². The molecule has 0 fully saturated rings. The average Bonchev–Trinajstić information content (AvgIpc) is 2.52. The van der Waals surface area contributed by atoms with Gasteiger partial charge in [0, 0.05) is 25.5 Å². The third kappa shape index (κ3) is 4.05. The van der Waals surface area contributed by atoms with Crippen LogP contribution < -0.4 is 10.2 Å². The third-order valence-electron chi connectivity index (χ3n) is 3.19. The zero-order valence-corrected chi connectivity index (χ0v) is 12.7. The molecule has 1 N–H and O–H groups in total. The van der Waals surface area contributed by atoms with Crippen LogP contribution in [-0.2, 0) is 0 Å². The van der Waals surface area contributed by atoms with E-state index in [-0.39, 0.29) is 5.91 Å². The minimum atomic E-state index is -0.0838. The van der Waals surface area contributed by atoms with Crippen molar-refractivity contribution < 1.29 is 4.79 Å². The molecule has 110 valence electrons. The van der Waals surface area contributed by atoms with Crippen LogP contribution in [0, 0.1) is 5.92 Å². The summed E-state index contributed by atoms with van der Waals surface area (Å²) in [4.78, 5) is 18.3. The van der Waals surface area contributed by atoms with Crippen molar-refractivity contribution in [3.63, 3.8) is 0 Å². The van der Waals surface area contributed by atoms with Gasteiger partial charge >= 0.3 is 0 Å². The van der Waals surface area contributed by atoms with Crippen LogP contribution in [0.3, 0.4) is 0 Å². The van der Waals surface area contributed by atoms with E-state index in [0.717, 1.165) is 11.4 Å². The first-order valence-corrected chi connectivity index (χ1v) is 7.10. The number of aromatic nitrogens is 1. The lowest BCUT2D eigenvalue weighted by atomic mass is 10.2.